The molecule has 1 aliphatic heterocycles. The van der Waals surface area contributed by atoms with E-state index in [-0.39, 0.29) is 21.7 Å². The quantitative estimate of drug-likeness (QED) is 0.523. The maximum Gasteiger partial charge on any atom is 0.233 e. The van der Waals surface area contributed by atoms with Crippen molar-refractivity contribution in [3.05, 3.63) is 48.3 Å². The molecule has 2 heterocycles. The Labute approximate surface area is 178 Å². The summed E-state index contributed by atoms with van der Waals surface area (Å²) in [4.78, 5) is 4.22. The Morgan fingerprint density at radius 1 is 1.10 bits per heavy atom. The zero-order valence-corrected chi connectivity index (χ0v) is 17.6. The zero-order valence-electron chi connectivity index (χ0n) is 16.8. The molecule has 0 atom stereocenters. The Bertz CT molecular complexity index is 1160. The molecule has 0 bridgehead atoms. The molecule has 0 fully saturated rings. The highest BCUT2D eigenvalue weighted by Gasteiger charge is 2.30. The normalized spacial score (nSPS) is 13.2. The number of benzene rings is 2. The molecule has 10 heteroatoms. The standard InChI is InChI=1S/C21H21FN2O6S/c1-27-10-2-9-23-20-21(24-19(30-20)14-3-5-15(22)6-4-14)31(25,26)16-7-8-17-18(13-16)29-12-11-28-17/h3-8,13,23H,2,9-12H2,1H3. The summed E-state index contributed by atoms with van der Waals surface area (Å²) in [7, 11) is -2.47. The predicted molar refractivity (Wildman–Crippen MR) is 110 cm³/mol. The van der Waals surface area contributed by atoms with Crippen LogP contribution in [0.15, 0.2) is 56.8 Å². The average Bonchev–Trinajstić information content (AvgIpc) is 3.22. The smallest absolute Gasteiger partial charge is 0.233 e. The number of oxazole rings is 1. The van der Waals surface area contributed by atoms with Crippen molar-refractivity contribution in [1.82, 2.24) is 4.98 Å². The van der Waals surface area contributed by atoms with Crippen LogP contribution in [-0.2, 0) is 14.6 Å². The minimum atomic E-state index is -4.05. The molecule has 1 N–H and O–H groups in total. The summed E-state index contributed by atoms with van der Waals surface area (Å²) in [6.07, 6.45) is 0.632. The molecule has 3 aromatic rings. The van der Waals surface area contributed by atoms with Gasteiger partial charge in [0.2, 0.25) is 26.6 Å². The summed E-state index contributed by atoms with van der Waals surface area (Å²) >= 11 is 0. The average molecular weight is 448 g/mol. The van der Waals surface area contributed by atoms with E-state index in [4.69, 9.17) is 18.6 Å². The first kappa shape index (κ1) is 21.1. The van der Waals surface area contributed by atoms with Crippen LogP contribution in [0.25, 0.3) is 11.5 Å². The van der Waals surface area contributed by atoms with Crippen molar-refractivity contribution in [2.75, 3.05) is 38.8 Å². The lowest BCUT2D eigenvalue weighted by molar-refractivity contribution is 0.171. The third-order valence-corrected chi connectivity index (χ3v) is 6.24. The number of sulfone groups is 1. The topological polar surface area (TPSA) is 99.9 Å². The minimum absolute atomic E-state index is 0.00403. The van der Waals surface area contributed by atoms with Gasteiger partial charge in [0.1, 0.15) is 19.0 Å². The van der Waals surface area contributed by atoms with Gasteiger partial charge in [-0.2, -0.15) is 4.98 Å². The molecular weight excluding hydrogens is 427 g/mol. The van der Waals surface area contributed by atoms with Gasteiger partial charge in [0.05, 0.1) is 4.90 Å². The first-order valence-corrected chi connectivity index (χ1v) is 11.1. The van der Waals surface area contributed by atoms with Crippen LogP contribution in [0.1, 0.15) is 6.42 Å². The van der Waals surface area contributed by atoms with Gasteiger partial charge in [-0.3, -0.25) is 0 Å². The van der Waals surface area contributed by atoms with Crippen molar-refractivity contribution in [2.24, 2.45) is 0 Å². The second-order valence-corrected chi connectivity index (χ2v) is 8.61. The van der Waals surface area contributed by atoms with Crippen LogP contribution < -0.4 is 14.8 Å². The van der Waals surface area contributed by atoms with Crippen LogP contribution >= 0.6 is 0 Å². The number of halogens is 1. The molecular formula is C21H21FN2O6S. The maximum atomic E-state index is 13.4. The van der Waals surface area contributed by atoms with Crippen LogP contribution in [0.4, 0.5) is 10.3 Å². The summed E-state index contributed by atoms with van der Waals surface area (Å²) < 4.78 is 61.8. The highest BCUT2D eigenvalue weighted by molar-refractivity contribution is 7.91. The number of rotatable bonds is 8. The van der Waals surface area contributed by atoms with Gasteiger partial charge < -0.3 is 23.9 Å². The molecule has 0 saturated carbocycles. The molecule has 0 spiro atoms. The minimum Gasteiger partial charge on any atom is -0.486 e. The van der Waals surface area contributed by atoms with E-state index in [0.717, 1.165) is 0 Å². The lowest BCUT2D eigenvalue weighted by Crippen LogP contribution is -2.16. The molecule has 31 heavy (non-hydrogen) atoms. The summed E-state index contributed by atoms with van der Waals surface area (Å²) in [5.74, 6) is 0.479. The van der Waals surface area contributed by atoms with E-state index in [2.05, 4.69) is 10.3 Å². The second kappa shape index (κ2) is 8.94. The first-order valence-electron chi connectivity index (χ1n) is 9.63. The number of nitrogens with one attached hydrogen (secondary N) is 1. The maximum absolute atomic E-state index is 13.4. The number of ether oxygens (including phenoxy) is 3. The van der Waals surface area contributed by atoms with E-state index in [1.165, 1.54) is 36.4 Å². The van der Waals surface area contributed by atoms with E-state index < -0.39 is 15.7 Å². The Hall–Kier alpha value is -3.11. The molecule has 2 aromatic carbocycles. The van der Waals surface area contributed by atoms with Crippen LogP contribution in [0.5, 0.6) is 11.5 Å². The molecule has 0 amide bonds. The Balaban J connectivity index is 1.72. The second-order valence-electron chi connectivity index (χ2n) is 6.74. The molecule has 4 rings (SSSR count). The van der Waals surface area contributed by atoms with E-state index in [1.807, 2.05) is 0 Å². The van der Waals surface area contributed by atoms with Gasteiger partial charge in [-0.1, -0.05) is 0 Å². The van der Waals surface area contributed by atoms with E-state index in [1.54, 1.807) is 13.2 Å². The third kappa shape index (κ3) is 4.49. The van der Waals surface area contributed by atoms with Gasteiger partial charge in [-0.25, -0.2) is 12.8 Å². The Kier molecular flexibility index (Phi) is 6.10. The van der Waals surface area contributed by atoms with Gasteiger partial charge in [-0.15, -0.1) is 0 Å². The van der Waals surface area contributed by atoms with Crippen molar-refractivity contribution in [3.8, 4) is 23.0 Å². The molecule has 1 aliphatic rings. The van der Waals surface area contributed by atoms with Gasteiger partial charge in [-0.05, 0) is 42.8 Å². The van der Waals surface area contributed by atoms with Crippen LogP contribution in [0, 0.1) is 5.82 Å². The summed E-state index contributed by atoms with van der Waals surface area (Å²) in [6, 6.07) is 9.83. The number of methoxy groups -OCH3 is 1. The summed E-state index contributed by atoms with van der Waals surface area (Å²) in [6.45, 7) is 1.65. The highest BCUT2D eigenvalue weighted by Crippen LogP contribution is 2.37. The van der Waals surface area contributed by atoms with Crippen molar-refractivity contribution in [3.63, 3.8) is 0 Å². The SMILES string of the molecule is COCCCNc1oc(-c2ccc(F)cc2)nc1S(=O)(=O)c1ccc2c(c1)OCCO2. The number of aromatic nitrogens is 1. The third-order valence-electron chi connectivity index (χ3n) is 4.58. The summed E-state index contributed by atoms with van der Waals surface area (Å²) in [5.41, 5.74) is 0.449. The van der Waals surface area contributed by atoms with Crippen molar-refractivity contribution in [2.45, 2.75) is 16.3 Å². The lowest BCUT2D eigenvalue weighted by atomic mass is 10.2. The van der Waals surface area contributed by atoms with Crippen molar-refractivity contribution < 1.29 is 31.4 Å². The van der Waals surface area contributed by atoms with Gasteiger partial charge in [0.25, 0.3) is 0 Å². The predicted octanol–water partition coefficient (Wildman–Crippen LogP) is 3.53. The fourth-order valence-corrected chi connectivity index (χ4v) is 4.33. The van der Waals surface area contributed by atoms with Gasteiger partial charge in [0.15, 0.2) is 11.5 Å². The molecule has 0 unspecified atom stereocenters. The Morgan fingerprint density at radius 2 is 1.84 bits per heavy atom. The van der Waals surface area contributed by atoms with E-state index >= 15 is 0 Å². The summed E-state index contributed by atoms with van der Waals surface area (Å²) in [5, 5.41) is 2.71. The van der Waals surface area contributed by atoms with Crippen molar-refractivity contribution in [1.29, 1.82) is 0 Å². The molecule has 164 valence electrons. The zero-order chi connectivity index (χ0) is 21.8. The number of anilines is 1. The lowest BCUT2D eigenvalue weighted by Gasteiger charge is -2.18. The number of nitrogens with zero attached hydrogens (tertiary/aromatic N) is 1. The molecule has 1 aromatic heterocycles. The first-order chi connectivity index (χ1) is 15.0. The number of hydrogen-bond acceptors (Lipinski definition) is 8. The van der Waals surface area contributed by atoms with Crippen LogP contribution in [0.3, 0.4) is 0 Å². The Morgan fingerprint density at radius 3 is 2.58 bits per heavy atom. The van der Waals surface area contributed by atoms with Crippen LogP contribution in [-0.4, -0.2) is 46.9 Å². The van der Waals surface area contributed by atoms with Gasteiger partial charge in [0, 0.05) is 31.9 Å². The highest BCUT2D eigenvalue weighted by atomic mass is 32.2. The van der Waals surface area contributed by atoms with Crippen LogP contribution in [0.2, 0.25) is 0 Å². The fraction of sp³-hybridized carbons (Fsp3) is 0.286. The van der Waals surface area contributed by atoms with E-state index in [0.29, 0.717) is 49.8 Å². The monoisotopic (exact) mass is 448 g/mol. The van der Waals surface area contributed by atoms with E-state index in [9.17, 15) is 12.8 Å². The molecule has 0 radical (unpaired) electrons. The van der Waals surface area contributed by atoms with Gasteiger partial charge >= 0.3 is 0 Å². The molecule has 0 saturated heterocycles. The van der Waals surface area contributed by atoms with Crippen molar-refractivity contribution >= 4 is 15.7 Å². The molecule has 8 nitrogen and oxygen atoms in total. The number of fused-ring (bicyclic) bond motifs is 1. The molecule has 0 aliphatic carbocycles. The largest absolute Gasteiger partial charge is 0.486 e. The number of hydrogen-bond donors (Lipinski definition) is 1. The fourth-order valence-electron chi connectivity index (χ4n) is 3.04.